The largest absolute Gasteiger partial charge is 0.480 e. The van der Waals surface area contributed by atoms with Crippen LogP contribution < -0.4 is 10.6 Å². The molecule has 5 heteroatoms. The zero-order valence-electron chi connectivity index (χ0n) is 11.7. The SMILES string of the molecule is CC(C)CC(NC(=O)C1NCC2CCCC21)C(=O)O. The number of aliphatic carboxylic acids is 1. The van der Waals surface area contributed by atoms with Gasteiger partial charge in [-0.05, 0) is 43.6 Å². The molecule has 0 aromatic heterocycles. The zero-order valence-corrected chi connectivity index (χ0v) is 11.7. The van der Waals surface area contributed by atoms with Crippen LogP contribution >= 0.6 is 0 Å². The second-order valence-electron chi connectivity index (χ2n) is 6.27. The number of carbonyl (C=O) groups excluding carboxylic acids is 1. The second kappa shape index (κ2) is 5.90. The third-order valence-electron chi connectivity index (χ3n) is 4.35. The molecule has 0 aromatic rings. The van der Waals surface area contributed by atoms with Gasteiger partial charge in [0.25, 0.3) is 0 Å². The molecule has 2 rings (SSSR count). The smallest absolute Gasteiger partial charge is 0.326 e. The minimum atomic E-state index is -0.942. The highest BCUT2D eigenvalue weighted by atomic mass is 16.4. The molecule has 19 heavy (non-hydrogen) atoms. The molecule has 0 aromatic carbocycles. The van der Waals surface area contributed by atoms with Crippen molar-refractivity contribution in [2.24, 2.45) is 17.8 Å². The summed E-state index contributed by atoms with van der Waals surface area (Å²) in [5, 5.41) is 15.1. The van der Waals surface area contributed by atoms with Gasteiger partial charge >= 0.3 is 5.97 Å². The molecule has 0 radical (unpaired) electrons. The van der Waals surface area contributed by atoms with Crippen LogP contribution in [0.25, 0.3) is 0 Å². The van der Waals surface area contributed by atoms with Crippen molar-refractivity contribution in [3.05, 3.63) is 0 Å². The maximum atomic E-state index is 12.2. The van der Waals surface area contributed by atoms with Crippen LogP contribution in [0.3, 0.4) is 0 Å². The molecule has 1 saturated heterocycles. The number of hydrogen-bond donors (Lipinski definition) is 3. The number of carbonyl (C=O) groups is 2. The Balaban J connectivity index is 1.93. The van der Waals surface area contributed by atoms with Crippen molar-refractivity contribution in [2.45, 2.75) is 51.6 Å². The third kappa shape index (κ3) is 3.26. The van der Waals surface area contributed by atoms with Gasteiger partial charge in [-0.1, -0.05) is 20.3 Å². The highest BCUT2D eigenvalue weighted by Gasteiger charge is 2.43. The van der Waals surface area contributed by atoms with Crippen molar-refractivity contribution < 1.29 is 14.7 Å². The molecule has 1 aliphatic carbocycles. The summed E-state index contributed by atoms with van der Waals surface area (Å²) < 4.78 is 0. The van der Waals surface area contributed by atoms with Gasteiger partial charge in [-0.15, -0.1) is 0 Å². The van der Waals surface area contributed by atoms with Crippen LogP contribution in [0.5, 0.6) is 0 Å². The molecule has 4 atom stereocenters. The maximum absolute atomic E-state index is 12.2. The summed E-state index contributed by atoms with van der Waals surface area (Å²) in [6.45, 7) is 4.82. The molecule has 1 aliphatic heterocycles. The van der Waals surface area contributed by atoms with E-state index in [1.807, 2.05) is 13.8 Å². The highest BCUT2D eigenvalue weighted by Crippen LogP contribution is 2.37. The van der Waals surface area contributed by atoms with Gasteiger partial charge in [0.15, 0.2) is 0 Å². The van der Waals surface area contributed by atoms with Crippen molar-refractivity contribution in [1.82, 2.24) is 10.6 Å². The minimum Gasteiger partial charge on any atom is -0.480 e. The molecule has 4 unspecified atom stereocenters. The molecular formula is C14H24N2O3. The molecule has 0 bridgehead atoms. The van der Waals surface area contributed by atoms with Crippen LogP contribution in [-0.2, 0) is 9.59 Å². The lowest BCUT2D eigenvalue weighted by atomic mass is 9.93. The molecule has 3 N–H and O–H groups in total. The van der Waals surface area contributed by atoms with Crippen LogP contribution in [0.1, 0.15) is 39.5 Å². The molecule has 1 saturated carbocycles. The van der Waals surface area contributed by atoms with E-state index < -0.39 is 12.0 Å². The van der Waals surface area contributed by atoms with Gasteiger partial charge < -0.3 is 15.7 Å². The Morgan fingerprint density at radius 1 is 1.37 bits per heavy atom. The van der Waals surface area contributed by atoms with Crippen molar-refractivity contribution >= 4 is 11.9 Å². The fourth-order valence-corrected chi connectivity index (χ4v) is 3.43. The standard InChI is InChI=1S/C14H24N2O3/c1-8(2)6-11(14(18)19)16-13(17)12-10-5-3-4-9(10)7-15-12/h8-12,15H,3-7H2,1-2H3,(H,16,17)(H,18,19). The van der Waals surface area contributed by atoms with Crippen LogP contribution in [0.4, 0.5) is 0 Å². The fraction of sp³-hybridized carbons (Fsp3) is 0.857. The third-order valence-corrected chi connectivity index (χ3v) is 4.35. The minimum absolute atomic E-state index is 0.137. The topological polar surface area (TPSA) is 78.4 Å². The first-order chi connectivity index (χ1) is 8.99. The molecule has 0 spiro atoms. The first-order valence-electron chi connectivity index (χ1n) is 7.25. The summed E-state index contributed by atoms with van der Waals surface area (Å²) in [5.74, 6) is 0.167. The average Bonchev–Trinajstić information content (AvgIpc) is 2.88. The number of fused-ring (bicyclic) bond motifs is 1. The van der Waals surface area contributed by atoms with E-state index in [9.17, 15) is 9.59 Å². The quantitative estimate of drug-likeness (QED) is 0.695. The van der Waals surface area contributed by atoms with Gasteiger partial charge in [0.05, 0.1) is 6.04 Å². The van der Waals surface area contributed by atoms with Gasteiger partial charge in [0.2, 0.25) is 5.91 Å². The Hall–Kier alpha value is -1.10. The lowest BCUT2D eigenvalue weighted by Gasteiger charge is -2.22. The van der Waals surface area contributed by atoms with Crippen molar-refractivity contribution in [3.8, 4) is 0 Å². The van der Waals surface area contributed by atoms with Crippen molar-refractivity contribution in [1.29, 1.82) is 0 Å². The lowest BCUT2D eigenvalue weighted by molar-refractivity contribution is -0.142. The maximum Gasteiger partial charge on any atom is 0.326 e. The number of carboxylic acid groups (broad SMARTS) is 1. The van der Waals surface area contributed by atoms with E-state index in [0.29, 0.717) is 18.3 Å². The Morgan fingerprint density at radius 2 is 2.11 bits per heavy atom. The fourth-order valence-electron chi connectivity index (χ4n) is 3.43. The van der Waals surface area contributed by atoms with E-state index >= 15 is 0 Å². The summed E-state index contributed by atoms with van der Waals surface area (Å²) in [6, 6.07) is -0.962. The number of hydrogen-bond acceptors (Lipinski definition) is 3. The summed E-state index contributed by atoms with van der Waals surface area (Å²) in [7, 11) is 0. The molecule has 108 valence electrons. The Morgan fingerprint density at radius 3 is 2.74 bits per heavy atom. The first-order valence-corrected chi connectivity index (χ1v) is 7.25. The van der Waals surface area contributed by atoms with Crippen molar-refractivity contribution in [2.75, 3.05) is 6.54 Å². The zero-order chi connectivity index (χ0) is 14.0. The Kier molecular flexibility index (Phi) is 4.45. The van der Waals surface area contributed by atoms with Gasteiger partial charge in [-0.2, -0.15) is 0 Å². The van der Waals surface area contributed by atoms with E-state index in [2.05, 4.69) is 10.6 Å². The van der Waals surface area contributed by atoms with E-state index in [4.69, 9.17) is 5.11 Å². The molecule has 5 nitrogen and oxygen atoms in total. The molecule has 1 heterocycles. The van der Waals surface area contributed by atoms with Crippen LogP contribution in [0.2, 0.25) is 0 Å². The van der Waals surface area contributed by atoms with Gasteiger partial charge in [-0.25, -0.2) is 4.79 Å². The van der Waals surface area contributed by atoms with Gasteiger partial charge in [0, 0.05) is 0 Å². The molecule has 2 fully saturated rings. The molecular weight excluding hydrogens is 244 g/mol. The van der Waals surface area contributed by atoms with Crippen molar-refractivity contribution in [3.63, 3.8) is 0 Å². The Bertz CT molecular complexity index is 357. The number of rotatable bonds is 5. The normalized spacial score (nSPS) is 31.2. The summed E-state index contributed by atoms with van der Waals surface area (Å²) in [6.07, 6.45) is 3.94. The highest BCUT2D eigenvalue weighted by molar-refractivity contribution is 5.87. The lowest BCUT2D eigenvalue weighted by Crippen LogP contribution is -2.50. The predicted octanol–water partition coefficient (Wildman–Crippen LogP) is 0.990. The van der Waals surface area contributed by atoms with E-state index in [1.165, 1.54) is 12.8 Å². The molecule has 2 aliphatic rings. The summed E-state index contributed by atoms with van der Waals surface area (Å²) in [4.78, 5) is 23.4. The summed E-state index contributed by atoms with van der Waals surface area (Å²) in [5.41, 5.74) is 0. The number of nitrogens with one attached hydrogen (secondary N) is 2. The van der Waals surface area contributed by atoms with Crippen LogP contribution in [-0.4, -0.2) is 35.6 Å². The van der Waals surface area contributed by atoms with Gasteiger partial charge in [0.1, 0.15) is 6.04 Å². The predicted molar refractivity (Wildman–Crippen MR) is 71.6 cm³/mol. The van der Waals surface area contributed by atoms with Crippen LogP contribution in [0.15, 0.2) is 0 Å². The monoisotopic (exact) mass is 268 g/mol. The molecule has 1 amide bonds. The van der Waals surface area contributed by atoms with E-state index in [0.717, 1.165) is 13.0 Å². The first kappa shape index (κ1) is 14.3. The van der Waals surface area contributed by atoms with E-state index in [1.54, 1.807) is 0 Å². The van der Waals surface area contributed by atoms with Crippen LogP contribution in [0, 0.1) is 17.8 Å². The number of amides is 1. The summed E-state index contributed by atoms with van der Waals surface area (Å²) >= 11 is 0. The second-order valence-corrected chi connectivity index (χ2v) is 6.27. The number of carboxylic acids is 1. The average molecular weight is 268 g/mol. The Labute approximate surface area is 114 Å². The van der Waals surface area contributed by atoms with Gasteiger partial charge in [-0.3, -0.25) is 4.79 Å². The van der Waals surface area contributed by atoms with E-state index in [-0.39, 0.29) is 17.9 Å².